The molecule has 0 atom stereocenters. The van der Waals surface area contributed by atoms with Gasteiger partial charge in [-0.2, -0.15) is 0 Å². The van der Waals surface area contributed by atoms with Crippen LogP contribution in [0, 0.1) is 0 Å². The van der Waals surface area contributed by atoms with E-state index in [1.54, 1.807) is 19.2 Å². The molecule has 0 saturated heterocycles. The molecule has 0 aromatic heterocycles. The van der Waals surface area contributed by atoms with Crippen LogP contribution >= 0.6 is 0 Å². The summed E-state index contributed by atoms with van der Waals surface area (Å²) in [6.07, 6.45) is 5.19. The van der Waals surface area contributed by atoms with Gasteiger partial charge in [0.05, 0.1) is 11.1 Å². The highest BCUT2D eigenvalue weighted by Crippen LogP contribution is 2.31. The fraction of sp³-hybridized carbons (Fsp3) is 0.500. The van der Waals surface area contributed by atoms with Crippen LogP contribution in [0.5, 0.6) is 0 Å². The van der Waals surface area contributed by atoms with Gasteiger partial charge in [0.15, 0.2) is 0 Å². The molecule has 0 spiro atoms. The SMILES string of the molecule is CN(CCCC(=O)O)C(=O)c1ccc2c(c1)C(=O)N(C1CCCCC1)C2=O. The molecule has 3 rings (SSSR count). The monoisotopic (exact) mass is 372 g/mol. The molecule has 144 valence electrons. The number of amides is 3. The minimum Gasteiger partial charge on any atom is -0.481 e. The summed E-state index contributed by atoms with van der Waals surface area (Å²) in [6, 6.07) is 4.55. The maximum Gasteiger partial charge on any atom is 0.303 e. The third-order valence-electron chi connectivity index (χ3n) is 5.34. The Hall–Kier alpha value is -2.70. The van der Waals surface area contributed by atoms with E-state index < -0.39 is 5.97 Å². The number of rotatable bonds is 6. The van der Waals surface area contributed by atoms with Crippen LogP contribution in [-0.2, 0) is 4.79 Å². The first-order valence-electron chi connectivity index (χ1n) is 9.39. The lowest BCUT2D eigenvalue weighted by molar-refractivity contribution is -0.137. The van der Waals surface area contributed by atoms with Crippen LogP contribution in [0.1, 0.15) is 76.0 Å². The first-order chi connectivity index (χ1) is 12.9. The van der Waals surface area contributed by atoms with Crippen LogP contribution in [-0.4, -0.2) is 58.2 Å². The van der Waals surface area contributed by atoms with E-state index in [0.29, 0.717) is 24.1 Å². The van der Waals surface area contributed by atoms with Crippen molar-refractivity contribution < 1.29 is 24.3 Å². The number of carbonyl (C=O) groups excluding carboxylic acids is 3. The van der Waals surface area contributed by atoms with E-state index in [1.807, 2.05) is 0 Å². The molecule has 7 heteroatoms. The molecule has 27 heavy (non-hydrogen) atoms. The van der Waals surface area contributed by atoms with E-state index in [-0.39, 0.29) is 35.7 Å². The number of aliphatic carboxylic acids is 1. The van der Waals surface area contributed by atoms with Crippen molar-refractivity contribution in [3.05, 3.63) is 34.9 Å². The molecule has 1 aliphatic heterocycles. The Bertz CT molecular complexity index is 783. The minimum atomic E-state index is -0.903. The molecular weight excluding hydrogens is 348 g/mol. The van der Waals surface area contributed by atoms with Gasteiger partial charge in [0.2, 0.25) is 0 Å². The standard InChI is InChI=1S/C20H24N2O5/c1-21(11-5-8-17(23)24)18(25)13-9-10-15-16(12-13)20(27)22(19(15)26)14-6-3-2-4-7-14/h9-10,12,14H,2-8,11H2,1H3,(H,23,24). The summed E-state index contributed by atoms with van der Waals surface area (Å²) in [4.78, 5) is 51.5. The molecule has 3 amide bonds. The molecule has 1 aromatic carbocycles. The lowest BCUT2D eigenvalue weighted by Gasteiger charge is -2.29. The topological polar surface area (TPSA) is 95.0 Å². The Kier molecular flexibility index (Phi) is 5.58. The Morgan fingerprint density at radius 1 is 1.11 bits per heavy atom. The molecule has 1 saturated carbocycles. The second-order valence-corrected chi connectivity index (χ2v) is 7.26. The van der Waals surface area contributed by atoms with Crippen LogP contribution in [0.15, 0.2) is 18.2 Å². The van der Waals surface area contributed by atoms with Gasteiger partial charge in [0.1, 0.15) is 0 Å². The van der Waals surface area contributed by atoms with Crippen LogP contribution in [0.2, 0.25) is 0 Å². The van der Waals surface area contributed by atoms with Crippen molar-refractivity contribution >= 4 is 23.7 Å². The van der Waals surface area contributed by atoms with Gasteiger partial charge in [-0.3, -0.25) is 24.1 Å². The second kappa shape index (κ2) is 7.90. The zero-order valence-corrected chi connectivity index (χ0v) is 15.4. The first kappa shape index (κ1) is 19.1. The minimum absolute atomic E-state index is 0.00879. The summed E-state index contributed by atoms with van der Waals surface area (Å²) in [6.45, 7) is 0.309. The molecule has 1 heterocycles. The van der Waals surface area contributed by atoms with E-state index in [0.717, 1.165) is 32.1 Å². The van der Waals surface area contributed by atoms with E-state index in [2.05, 4.69) is 0 Å². The third kappa shape index (κ3) is 3.86. The van der Waals surface area contributed by atoms with Crippen molar-refractivity contribution in [3.63, 3.8) is 0 Å². The fourth-order valence-electron chi connectivity index (χ4n) is 3.85. The summed E-state index contributed by atoms with van der Waals surface area (Å²) < 4.78 is 0. The molecule has 0 bridgehead atoms. The highest BCUT2D eigenvalue weighted by molar-refractivity contribution is 6.22. The fourth-order valence-corrected chi connectivity index (χ4v) is 3.85. The van der Waals surface area contributed by atoms with Crippen LogP contribution in [0.3, 0.4) is 0 Å². The number of carbonyl (C=O) groups is 4. The number of nitrogens with zero attached hydrogens (tertiary/aromatic N) is 2. The summed E-state index contributed by atoms with van der Waals surface area (Å²) in [5, 5.41) is 8.70. The Morgan fingerprint density at radius 3 is 2.44 bits per heavy atom. The normalized spacial score (nSPS) is 17.1. The highest BCUT2D eigenvalue weighted by Gasteiger charge is 2.40. The van der Waals surface area contributed by atoms with Crippen molar-refractivity contribution in [2.75, 3.05) is 13.6 Å². The number of hydrogen-bond acceptors (Lipinski definition) is 4. The molecule has 2 aliphatic rings. The summed E-state index contributed by atoms with van der Waals surface area (Å²) in [5.41, 5.74) is 0.976. The van der Waals surface area contributed by atoms with Gasteiger partial charge in [-0.1, -0.05) is 19.3 Å². The molecular formula is C20H24N2O5. The van der Waals surface area contributed by atoms with Gasteiger partial charge in [-0.15, -0.1) is 0 Å². The van der Waals surface area contributed by atoms with Gasteiger partial charge in [-0.25, -0.2) is 0 Å². The zero-order valence-electron chi connectivity index (χ0n) is 15.4. The largest absolute Gasteiger partial charge is 0.481 e. The van der Waals surface area contributed by atoms with Gasteiger partial charge < -0.3 is 10.0 Å². The molecule has 1 aliphatic carbocycles. The molecule has 1 N–H and O–H groups in total. The number of benzene rings is 1. The van der Waals surface area contributed by atoms with Crippen molar-refractivity contribution in [1.29, 1.82) is 0 Å². The summed E-state index contributed by atoms with van der Waals surface area (Å²) in [5.74, 6) is -1.78. The van der Waals surface area contributed by atoms with Gasteiger partial charge in [0, 0.05) is 31.6 Å². The highest BCUT2D eigenvalue weighted by atomic mass is 16.4. The number of carboxylic acids is 1. The van der Waals surface area contributed by atoms with E-state index in [1.165, 1.54) is 15.9 Å². The molecule has 1 aromatic rings. The molecule has 7 nitrogen and oxygen atoms in total. The number of imide groups is 1. The maximum absolute atomic E-state index is 12.8. The average Bonchev–Trinajstić information content (AvgIpc) is 2.91. The van der Waals surface area contributed by atoms with Crippen molar-refractivity contribution in [3.8, 4) is 0 Å². The van der Waals surface area contributed by atoms with Gasteiger partial charge in [-0.05, 0) is 37.5 Å². The Morgan fingerprint density at radius 2 is 1.78 bits per heavy atom. The second-order valence-electron chi connectivity index (χ2n) is 7.26. The van der Waals surface area contributed by atoms with E-state index >= 15 is 0 Å². The quantitative estimate of drug-likeness (QED) is 0.775. The smallest absolute Gasteiger partial charge is 0.303 e. The molecule has 0 radical (unpaired) electrons. The average molecular weight is 372 g/mol. The van der Waals surface area contributed by atoms with E-state index in [9.17, 15) is 19.2 Å². The summed E-state index contributed by atoms with van der Waals surface area (Å²) in [7, 11) is 1.60. The Labute approximate surface area is 157 Å². The summed E-state index contributed by atoms with van der Waals surface area (Å²) >= 11 is 0. The van der Waals surface area contributed by atoms with Crippen molar-refractivity contribution in [1.82, 2.24) is 9.80 Å². The van der Waals surface area contributed by atoms with Crippen molar-refractivity contribution in [2.24, 2.45) is 0 Å². The van der Waals surface area contributed by atoms with E-state index in [4.69, 9.17) is 5.11 Å². The number of carboxylic acid groups (broad SMARTS) is 1. The predicted molar refractivity (Wildman–Crippen MR) is 97.6 cm³/mol. The predicted octanol–water partition coefficient (Wildman–Crippen LogP) is 2.55. The van der Waals surface area contributed by atoms with Crippen LogP contribution < -0.4 is 0 Å². The number of hydrogen-bond donors (Lipinski definition) is 1. The van der Waals surface area contributed by atoms with Gasteiger partial charge >= 0.3 is 5.97 Å². The van der Waals surface area contributed by atoms with Gasteiger partial charge in [0.25, 0.3) is 17.7 Å². The molecule has 1 fully saturated rings. The Balaban J connectivity index is 1.75. The lowest BCUT2D eigenvalue weighted by atomic mass is 9.94. The third-order valence-corrected chi connectivity index (χ3v) is 5.34. The van der Waals surface area contributed by atoms with Crippen molar-refractivity contribution in [2.45, 2.75) is 51.0 Å². The number of fused-ring (bicyclic) bond motifs is 1. The molecule has 0 unspecified atom stereocenters. The van der Waals surface area contributed by atoms with Crippen LogP contribution in [0.4, 0.5) is 0 Å². The first-order valence-corrected chi connectivity index (χ1v) is 9.39. The lowest BCUT2D eigenvalue weighted by Crippen LogP contribution is -2.40. The maximum atomic E-state index is 12.8. The zero-order chi connectivity index (χ0) is 19.6. The van der Waals surface area contributed by atoms with Crippen LogP contribution in [0.25, 0.3) is 0 Å².